The van der Waals surface area contributed by atoms with Crippen LogP contribution in [0.5, 0.6) is 5.88 Å². The van der Waals surface area contributed by atoms with Crippen LogP contribution in [0, 0.1) is 0 Å². The molecule has 4 heterocycles. The first-order valence-electron chi connectivity index (χ1n) is 10.5. The van der Waals surface area contributed by atoms with Crippen LogP contribution in [0.1, 0.15) is 19.8 Å². The first-order chi connectivity index (χ1) is 15.5. The fraction of sp³-hybridized carbons (Fsp3) is 0.348. The largest absolute Gasteiger partial charge is 0.481 e. The highest BCUT2D eigenvalue weighted by Crippen LogP contribution is 2.36. The number of pyridine rings is 3. The Morgan fingerprint density at radius 2 is 1.97 bits per heavy atom. The molecular weight excluding hydrogens is 408 g/mol. The summed E-state index contributed by atoms with van der Waals surface area (Å²) in [5.74, 6) is 0.638. The van der Waals surface area contributed by atoms with Gasteiger partial charge in [-0.1, -0.05) is 0 Å². The molecule has 9 nitrogen and oxygen atoms in total. The van der Waals surface area contributed by atoms with Gasteiger partial charge in [-0.2, -0.15) is 0 Å². The predicted molar refractivity (Wildman–Crippen MR) is 123 cm³/mol. The smallest absolute Gasteiger partial charge is 0.219 e. The number of piperidine rings is 1. The number of carbonyl (C=O) groups is 2. The van der Waals surface area contributed by atoms with Crippen LogP contribution in [-0.2, 0) is 9.59 Å². The fourth-order valence-corrected chi connectivity index (χ4v) is 4.19. The highest BCUT2D eigenvalue weighted by atomic mass is 16.5. The number of carbonyl (C=O) groups excluding carboxylic acids is 2. The first kappa shape index (κ1) is 21.5. The minimum Gasteiger partial charge on any atom is -0.481 e. The minimum absolute atomic E-state index is 0.104. The summed E-state index contributed by atoms with van der Waals surface area (Å²) >= 11 is 0. The summed E-state index contributed by atoms with van der Waals surface area (Å²) in [6.07, 6.45) is 7.46. The van der Waals surface area contributed by atoms with Crippen LogP contribution < -0.4 is 15.0 Å². The zero-order valence-electron chi connectivity index (χ0n) is 18.4. The zero-order chi connectivity index (χ0) is 22.7. The van der Waals surface area contributed by atoms with E-state index in [1.807, 2.05) is 24.1 Å². The molecule has 0 saturated carbocycles. The third kappa shape index (κ3) is 4.18. The van der Waals surface area contributed by atoms with Crippen LogP contribution in [0.25, 0.3) is 22.2 Å². The quantitative estimate of drug-likeness (QED) is 0.595. The maximum Gasteiger partial charge on any atom is 0.219 e. The molecule has 166 valence electrons. The topological polar surface area (TPSA) is 101 Å². The molecular formula is C23H26N6O3. The predicted octanol–water partition coefficient (Wildman–Crippen LogP) is 2.72. The standard InChI is InChI=1S/C23H26N6O3/c1-15(31)29-8-6-17(7-9-29)28(2)23-18-10-19(16-4-5-22(32-3)26-11-16)24-12-20(18)25-13-21(23)27-14-30/h4-5,10-14,17H,6-9H2,1-3H3,(H,27,30). The average Bonchev–Trinajstić information content (AvgIpc) is 2.83. The van der Waals surface area contributed by atoms with E-state index in [9.17, 15) is 9.59 Å². The van der Waals surface area contributed by atoms with Gasteiger partial charge in [-0.05, 0) is 25.0 Å². The number of hydrogen-bond acceptors (Lipinski definition) is 7. The lowest BCUT2D eigenvalue weighted by Gasteiger charge is -2.38. The van der Waals surface area contributed by atoms with Crippen molar-refractivity contribution in [2.75, 3.05) is 37.5 Å². The summed E-state index contributed by atoms with van der Waals surface area (Å²) in [5.41, 5.74) is 3.85. The van der Waals surface area contributed by atoms with E-state index in [2.05, 4.69) is 25.2 Å². The summed E-state index contributed by atoms with van der Waals surface area (Å²) < 4.78 is 5.14. The van der Waals surface area contributed by atoms with Gasteiger partial charge in [-0.3, -0.25) is 19.6 Å². The molecule has 1 N–H and O–H groups in total. The molecule has 9 heteroatoms. The molecule has 0 atom stereocenters. The van der Waals surface area contributed by atoms with Crippen LogP contribution >= 0.6 is 0 Å². The van der Waals surface area contributed by atoms with Gasteiger partial charge in [0.15, 0.2) is 0 Å². The van der Waals surface area contributed by atoms with Crippen molar-refractivity contribution < 1.29 is 14.3 Å². The maximum atomic E-state index is 11.7. The fourth-order valence-electron chi connectivity index (χ4n) is 4.19. The van der Waals surface area contributed by atoms with Crippen molar-refractivity contribution in [2.45, 2.75) is 25.8 Å². The number of fused-ring (bicyclic) bond motifs is 1. The van der Waals surface area contributed by atoms with E-state index in [-0.39, 0.29) is 11.9 Å². The molecule has 3 aromatic heterocycles. The van der Waals surface area contributed by atoms with Gasteiger partial charge in [0.1, 0.15) is 0 Å². The highest BCUT2D eigenvalue weighted by molar-refractivity contribution is 6.01. The van der Waals surface area contributed by atoms with Gasteiger partial charge < -0.3 is 19.9 Å². The number of anilines is 2. The van der Waals surface area contributed by atoms with Crippen LogP contribution in [0.4, 0.5) is 11.4 Å². The summed E-state index contributed by atoms with van der Waals surface area (Å²) in [4.78, 5) is 40.4. The number of methoxy groups -OCH3 is 1. The van der Waals surface area contributed by atoms with Gasteiger partial charge in [-0.25, -0.2) is 4.98 Å². The van der Waals surface area contributed by atoms with E-state index in [1.165, 1.54) is 0 Å². The van der Waals surface area contributed by atoms with Crippen molar-refractivity contribution in [3.05, 3.63) is 36.8 Å². The number of amides is 2. The van der Waals surface area contributed by atoms with E-state index in [1.54, 1.807) is 38.7 Å². The van der Waals surface area contributed by atoms with Gasteiger partial charge in [0.25, 0.3) is 0 Å². The Bertz CT molecular complexity index is 1130. The number of hydrogen-bond donors (Lipinski definition) is 1. The lowest BCUT2D eigenvalue weighted by molar-refractivity contribution is -0.129. The Hall–Kier alpha value is -3.75. The molecule has 0 radical (unpaired) electrons. The second-order valence-corrected chi connectivity index (χ2v) is 7.81. The van der Waals surface area contributed by atoms with E-state index < -0.39 is 0 Å². The van der Waals surface area contributed by atoms with Crippen LogP contribution in [0.15, 0.2) is 36.8 Å². The molecule has 3 aromatic rings. The number of nitrogens with one attached hydrogen (secondary N) is 1. The van der Waals surface area contributed by atoms with Gasteiger partial charge in [0.2, 0.25) is 18.2 Å². The Kier molecular flexibility index (Phi) is 6.16. The van der Waals surface area contributed by atoms with Crippen LogP contribution in [0.3, 0.4) is 0 Å². The third-order valence-electron chi connectivity index (χ3n) is 5.99. The summed E-state index contributed by atoms with van der Waals surface area (Å²) in [6.45, 7) is 3.04. The van der Waals surface area contributed by atoms with E-state index >= 15 is 0 Å². The molecule has 4 rings (SSSR count). The average molecular weight is 435 g/mol. The lowest BCUT2D eigenvalue weighted by Crippen LogP contribution is -2.45. The van der Waals surface area contributed by atoms with Crippen LogP contribution in [0.2, 0.25) is 0 Å². The highest BCUT2D eigenvalue weighted by Gasteiger charge is 2.26. The number of nitrogens with zero attached hydrogens (tertiary/aromatic N) is 5. The third-order valence-corrected chi connectivity index (χ3v) is 5.99. The number of aromatic nitrogens is 3. The Labute approximate surface area is 186 Å². The molecule has 0 spiro atoms. The van der Waals surface area contributed by atoms with Gasteiger partial charge in [-0.15, -0.1) is 0 Å². The second-order valence-electron chi connectivity index (χ2n) is 7.81. The zero-order valence-corrected chi connectivity index (χ0v) is 18.4. The Balaban J connectivity index is 1.75. The molecule has 32 heavy (non-hydrogen) atoms. The summed E-state index contributed by atoms with van der Waals surface area (Å²) in [6, 6.07) is 5.89. The SMILES string of the molecule is COc1ccc(-c2cc3c(N(C)C4CCN(C(C)=O)CC4)c(NC=O)cnc3cn2)cn1. The van der Waals surface area contributed by atoms with Gasteiger partial charge >= 0.3 is 0 Å². The van der Waals surface area contributed by atoms with E-state index in [0.29, 0.717) is 31.1 Å². The monoisotopic (exact) mass is 434 g/mol. The minimum atomic E-state index is 0.104. The van der Waals surface area contributed by atoms with Crippen molar-refractivity contribution in [3.63, 3.8) is 0 Å². The Morgan fingerprint density at radius 1 is 1.19 bits per heavy atom. The summed E-state index contributed by atoms with van der Waals surface area (Å²) in [7, 11) is 3.60. The molecule has 1 aliphatic rings. The normalized spacial score (nSPS) is 14.3. The second kappa shape index (κ2) is 9.17. The molecule has 1 saturated heterocycles. The summed E-state index contributed by atoms with van der Waals surface area (Å²) in [5, 5.41) is 3.67. The van der Waals surface area contributed by atoms with Crippen molar-refractivity contribution in [3.8, 4) is 17.1 Å². The van der Waals surface area contributed by atoms with Crippen molar-refractivity contribution in [2.24, 2.45) is 0 Å². The number of rotatable bonds is 6. The molecule has 0 aliphatic carbocycles. The maximum absolute atomic E-state index is 11.7. The van der Waals surface area contributed by atoms with Gasteiger partial charge in [0, 0.05) is 56.3 Å². The molecule has 1 fully saturated rings. The molecule has 0 unspecified atom stereocenters. The van der Waals surface area contributed by atoms with E-state index in [4.69, 9.17) is 4.74 Å². The molecule has 0 bridgehead atoms. The van der Waals surface area contributed by atoms with Crippen molar-refractivity contribution >= 4 is 34.6 Å². The van der Waals surface area contributed by atoms with Crippen LogP contribution in [-0.4, -0.2) is 65.5 Å². The molecule has 0 aromatic carbocycles. The Morgan fingerprint density at radius 3 is 2.59 bits per heavy atom. The number of likely N-dealkylation sites (tertiary alicyclic amines) is 1. The first-order valence-corrected chi connectivity index (χ1v) is 10.5. The number of ether oxygens (including phenoxy) is 1. The lowest BCUT2D eigenvalue weighted by atomic mass is 10.0. The van der Waals surface area contributed by atoms with Crippen molar-refractivity contribution in [1.82, 2.24) is 19.9 Å². The van der Waals surface area contributed by atoms with Crippen molar-refractivity contribution in [1.29, 1.82) is 0 Å². The molecule has 1 aliphatic heterocycles. The van der Waals surface area contributed by atoms with E-state index in [0.717, 1.165) is 40.7 Å². The molecule has 2 amide bonds. The van der Waals surface area contributed by atoms with Gasteiger partial charge in [0.05, 0.1) is 42.1 Å².